The highest BCUT2D eigenvalue weighted by Crippen LogP contribution is 2.33. The molecule has 1 saturated carbocycles. The van der Waals surface area contributed by atoms with Crippen LogP contribution < -0.4 is 5.32 Å². The van der Waals surface area contributed by atoms with Crippen LogP contribution in [0.3, 0.4) is 0 Å². The summed E-state index contributed by atoms with van der Waals surface area (Å²) in [4.78, 5) is 16.4. The van der Waals surface area contributed by atoms with E-state index in [0.717, 1.165) is 6.42 Å². The molecule has 1 fully saturated rings. The van der Waals surface area contributed by atoms with Crippen LogP contribution in [-0.4, -0.2) is 28.6 Å². The van der Waals surface area contributed by atoms with Crippen LogP contribution in [0.5, 0.6) is 0 Å². The molecule has 1 aliphatic rings. The number of aliphatic hydroxyl groups is 1. The summed E-state index contributed by atoms with van der Waals surface area (Å²) in [7, 11) is 0. The van der Waals surface area contributed by atoms with E-state index in [2.05, 4.69) is 36.0 Å². The predicted molar refractivity (Wildman–Crippen MR) is 81.6 cm³/mol. The van der Waals surface area contributed by atoms with Gasteiger partial charge in [-0.05, 0) is 36.8 Å². The van der Waals surface area contributed by atoms with E-state index < -0.39 is 0 Å². The van der Waals surface area contributed by atoms with Gasteiger partial charge in [0.1, 0.15) is 12.3 Å². The van der Waals surface area contributed by atoms with Crippen LogP contribution in [0.2, 0.25) is 0 Å². The number of hydrogen-bond donors (Lipinski definition) is 2. The molecule has 1 amide bonds. The highest BCUT2D eigenvalue weighted by atomic mass is 16.2. The zero-order chi connectivity index (χ0) is 15.2. The van der Waals surface area contributed by atoms with Crippen molar-refractivity contribution in [3.63, 3.8) is 0 Å². The smallest absolute Gasteiger partial charge is 0.270 e. The zero-order valence-corrected chi connectivity index (χ0v) is 12.6. The van der Waals surface area contributed by atoms with Gasteiger partial charge in [-0.15, -0.1) is 0 Å². The van der Waals surface area contributed by atoms with E-state index >= 15 is 0 Å². The Morgan fingerprint density at radius 2 is 2.29 bits per heavy atom. The number of rotatable bonds is 3. The van der Waals surface area contributed by atoms with Crippen LogP contribution in [0.15, 0.2) is 18.3 Å². The van der Waals surface area contributed by atoms with Crippen molar-refractivity contribution in [2.75, 3.05) is 6.61 Å². The van der Waals surface area contributed by atoms with Gasteiger partial charge >= 0.3 is 0 Å². The van der Waals surface area contributed by atoms with Crippen LogP contribution in [0.25, 0.3) is 0 Å². The number of carbonyl (C=O) groups is 1. The molecule has 3 unspecified atom stereocenters. The van der Waals surface area contributed by atoms with Gasteiger partial charge in [0.2, 0.25) is 0 Å². The SMILES string of the molecule is CCC1CCC(NC(=O)c2ccc(C#CCO)cn2)C1C. The molecule has 21 heavy (non-hydrogen) atoms. The van der Waals surface area contributed by atoms with Gasteiger partial charge in [0.15, 0.2) is 0 Å². The first kappa shape index (κ1) is 15.5. The van der Waals surface area contributed by atoms with Crippen molar-refractivity contribution in [1.29, 1.82) is 0 Å². The number of pyridine rings is 1. The number of carbonyl (C=O) groups excluding carboxylic acids is 1. The zero-order valence-electron chi connectivity index (χ0n) is 12.6. The second-order valence-electron chi connectivity index (χ2n) is 5.58. The third-order valence-electron chi connectivity index (χ3n) is 4.38. The summed E-state index contributed by atoms with van der Waals surface area (Å²) >= 11 is 0. The number of aromatic nitrogens is 1. The first-order chi connectivity index (χ1) is 10.2. The summed E-state index contributed by atoms with van der Waals surface area (Å²) < 4.78 is 0. The lowest BCUT2D eigenvalue weighted by Crippen LogP contribution is -2.37. The molecule has 2 rings (SSSR count). The maximum absolute atomic E-state index is 12.2. The molecule has 0 saturated heterocycles. The number of nitrogens with zero attached hydrogens (tertiary/aromatic N) is 1. The van der Waals surface area contributed by atoms with Gasteiger partial charge in [-0.2, -0.15) is 0 Å². The van der Waals surface area contributed by atoms with E-state index in [9.17, 15) is 4.79 Å². The van der Waals surface area contributed by atoms with Gasteiger partial charge in [-0.1, -0.05) is 32.1 Å². The molecule has 112 valence electrons. The quantitative estimate of drug-likeness (QED) is 0.835. The van der Waals surface area contributed by atoms with Gasteiger partial charge < -0.3 is 10.4 Å². The molecule has 1 aromatic heterocycles. The maximum atomic E-state index is 12.2. The Kier molecular flexibility index (Phi) is 5.35. The molecular formula is C17H22N2O2. The Morgan fingerprint density at radius 3 is 2.86 bits per heavy atom. The Labute approximate surface area is 126 Å². The number of aliphatic hydroxyl groups excluding tert-OH is 1. The number of amides is 1. The second-order valence-corrected chi connectivity index (χ2v) is 5.58. The largest absolute Gasteiger partial charge is 0.384 e. The van der Waals surface area contributed by atoms with Crippen LogP contribution in [-0.2, 0) is 0 Å². The Bertz CT molecular complexity index is 542. The van der Waals surface area contributed by atoms with E-state index in [1.54, 1.807) is 18.3 Å². The summed E-state index contributed by atoms with van der Waals surface area (Å²) in [6.45, 7) is 4.24. The van der Waals surface area contributed by atoms with Crippen LogP contribution in [0.1, 0.15) is 49.2 Å². The van der Waals surface area contributed by atoms with Crippen molar-refractivity contribution in [2.45, 2.75) is 39.2 Å². The van der Waals surface area contributed by atoms with E-state index in [1.807, 2.05) is 0 Å². The van der Waals surface area contributed by atoms with E-state index in [-0.39, 0.29) is 18.6 Å². The highest BCUT2D eigenvalue weighted by molar-refractivity contribution is 5.92. The number of nitrogens with one attached hydrogen (secondary N) is 1. The summed E-state index contributed by atoms with van der Waals surface area (Å²) in [5.74, 6) is 6.42. The summed E-state index contributed by atoms with van der Waals surface area (Å²) in [6, 6.07) is 3.67. The lowest BCUT2D eigenvalue weighted by atomic mass is 9.93. The molecule has 0 spiro atoms. The van der Waals surface area contributed by atoms with Gasteiger partial charge in [0.25, 0.3) is 5.91 Å². The minimum absolute atomic E-state index is 0.120. The molecule has 4 nitrogen and oxygen atoms in total. The first-order valence-corrected chi connectivity index (χ1v) is 7.52. The Hall–Kier alpha value is -1.86. The van der Waals surface area contributed by atoms with Crippen molar-refractivity contribution >= 4 is 5.91 Å². The van der Waals surface area contributed by atoms with Crippen LogP contribution in [0, 0.1) is 23.7 Å². The fourth-order valence-electron chi connectivity index (χ4n) is 3.01. The fourth-order valence-corrected chi connectivity index (χ4v) is 3.01. The van der Waals surface area contributed by atoms with E-state index in [1.165, 1.54) is 12.8 Å². The lowest BCUT2D eigenvalue weighted by molar-refractivity contribution is 0.0921. The van der Waals surface area contributed by atoms with Crippen molar-refractivity contribution in [1.82, 2.24) is 10.3 Å². The predicted octanol–water partition coefficient (Wildman–Crippen LogP) is 1.98. The van der Waals surface area contributed by atoms with E-state index in [4.69, 9.17) is 5.11 Å². The minimum atomic E-state index is -0.180. The van der Waals surface area contributed by atoms with Gasteiger partial charge in [-0.25, -0.2) is 4.98 Å². The topological polar surface area (TPSA) is 62.2 Å². The molecule has 0 bridgehead atoms. The lowest BCUT2D eigenvalue weighted by Gasteiger charge is -2.20. The highest BCUT2D eigenvalue weighted by Gasteiger charge is 2.32. The second kappa shape index (κ2) is 7.24. The molecule has 1 aliphatic carbocycles. The summed E-state index contributed by atoms with van der Waals surface area (Å²) in [6.07, 6.45) is 4.96. The standard InChI is InChI=1S/C17H22N2O2/c1-3-14-7-9-15(12(14)2)19-17(21)16-8-6-13(11-18-16)5-4-10-20/h6,8,11-12,14-15,20H,3,7,9-10H2,1-2H3,(H,19,21). The van der Waals surface area contributed by atoms with Crippen molar-refractivity contribution in [2.24, 2.45) is 11.8 Å². The normalized spacial score (nSPS) is 24.2. The number of hydrogen-bond acceptors (Lipinski definition) is 3. The van der Waals surface area contributed by atoms with Crippen LogP contribution >= 0.6 is 0 Å². The summed E-state index contributed by atoms with van der Waals surface area (Å²) in [5, 5.41) is 11.7. The third kappa shape index (κ3) is 3.83. The third-order valence-corrected chi connectivity index (χ3v) is 4.38. The van der Waals surface area contributed by atoms with Gasteiger partial charge in [-0.3, -0.25) is 4.79 Å². The molecule has 0 aromatic carbocycles. The monoisotopic (exact) mass is 286 g/mol. The van der Waals surface area contributed by atoms with Gasteiger partial charge in [0.05, 0.1) is 0 Å². The molecule has 3 atom stereocenters. The van der Waals surface area contributed by atoms with Gasteiger partial charge in [0, 0.05) is 17.8 Å². The Morgan fingerprint density at radius 1 is 1.48 bits per heavy atom. The molecular weight excluding hydrogens is 264 g/mol. The fraction of sp³-hybridized carbons (Fsp3) is 0.529. The first-order valence-electron chi connectivity index (χ1n) is 7.52. The molecule has 2 N–H and O–H groups in total. The van der Waals surface area contributed by atoms with E-state index in [0.29, 0.717) is 23.1 Å². The Balaban J connectivity index is 1.97. The van der Waals surface area contributed by atoms with Crippen molar-refractivity contribution in [3.05, 3.63) is 29.6 Å². The average Bonchev–Trinajstić information content (AvgIpc) is 2.86. The molecule has 0 aliphatic heterocycles. The van der Waals surface area contributed by atoms with Crippen molar-refractivity contribution in [3.8, 4) is 11.8 Å². The molecule has 0 radical (unpaired) electrons. The molecule has 4 heteroatoms. The molecule has 1 aromatic rings. The molecule has 1 heterocycles. The van der Waals surface area contributed by atoms with Crippen molar-refractivity contribution < 1.29 is 9.90 Å². The average molecular weight is 286 g/mol. The summed E-state index contributed by atoms with van der Waals surface area (Å²) in [5.41, 5.74) is 1.11. The maximum Gasteiger partial charge on any atom is 0.270 e. The minimum Gasteiger partial charge on any atom is -0.384 e. The van der Waals surface area contributed by atoms with Crippen LogP contribution in [0.4, 0.5) is 0 Å².